The number of rotatable bonds is 10. The quantitative estimate of drug-likeness (QED) is 0.0771. The van der Waals surface area contributed by atoms with E-state index < -0.39 is 30.0 Å². The van der Waals surface area contributed by atoms with Crippen LogP contribution in [-0.4, -0.2) is 25.9 Å². The monoisotopic (exact) mass is 756 g/mol. The molecular formula is C37H28N2O8S4. The Hall–Kier alpha value is -4.96. The van der Waals surface area contributed by atoms with Crippen LogP contribution >= 0.6 is 23.5 Å². The van der Waals surface area contributed by atoms with Crippen LogP contribution in [0, 0.1) is 0 Å². The van der Waals surface area contributed by atoms with Crippen LogP contribution < -0.4 is 20.9 Å². The minimum Gasteiger partial charge on any atom is -0.456 e. The molecule has 0 heterocycles. The SMILES string of the molecule is Nc1ccc(Sc2ccc(Oc3cc4c(cc3S(=O)(=O)O)-c3cc(S(=O)(=O)O)c(Oc5ccc(Sc6ccc(N)cc6)cc5)cc3C4)cc2)cc1. The minimum atomic E-state index is -4.78. The van der Waals surface area contributed by atoms with E-state index in [2.05, 4.69) is 0 Å². The molecule has 51 heavy (non-hydrogen) atoms. The normalized spacial score (nSPS) is 12.3. The molecule has 0 atom stereocenters. The van der Waals surface area contributed by atoms with Gasteiger partial charge >= 0.3 is 0 Å². The summed E-state index contributed by atoms with van der Waals surface area (Å²) in [6, 6.07) is 34.3. The summed E-state index contributed by atoms with van der Waals surface area (Å²) in [4.78, 5) is 2.79. The van der Waals surface area contributed by atoms with E-state index in [1.807, 2.05) is 72.8 Å². The van der Waals surface area contributed by atoms with Crippen LogP contribution in [0.15, 0.2) is 151 Å². The molecule has 6 aromatic carbocycles. The van der Waals surface area contributed by atoms with Gasteiger partial charge in [0.05, 0.1) is 0 Å². The van der Waals surface area contributed by atoms with Crippen molar-refractivity contribution in [3.63, 3.8) is 0 Å². The smallest absolute Gasteiger partial charge is 0.298 e. The first-order chi connectivity index (χ1) is 24.3. The van der Waals surface area contributed by atoms with Gasteiger partial charge in [0.15, 0.2) is 0 Å². The van der Waals surface area contributed by atoms with Gasteiger partial charge in [0, 0.05) is 31.0 Å². The second kappa shape index (κ2) is 13.6. The van der Waals surface area contributed by atoms with Gasteiger partial charge in [-0.3, -0.25) is 9.11 Å². The molecule has 0 saturated heterocycles. The van der Waals surface area contributed by atoms with Crippen LogP contribution in [0.3, 0.4) is 0 Å². The van der Waals surface area contributed by atoms with Gasteiger partial charge in [-0.05, 0) is 150 Å². The Kier molecular flexibility index (Phi) is 9.22. The molecule has 14 heteroatoms. The highest BCUT2D eigenvalue weighted by molar-refractivity contribution is 7.99. The van der Waals surface area contributed by atoms with Crippen LogP contribution in [0.5, 0.6) is 23.0 Å². The lowest BCUT2D eigenvalue weighted by molar-refractivity contribution is 0.448. The first-order valence-electron chi connectivity index (χ1n) is 15.2. The lowest BCUT2D eigenvalue weighted by Crippen LogP contribution is -2.03. The topological polar surface area (TPSA) is 179 Å². The summed E-state index contributed by atoms with van der Waals surface area (Å²) in [6.45, 7) is 0. The third-order valence-electron chi connectivity index (χ3n) is 7.90. The fourth-order valence-electron chi connectivity index (χ4n) is 5.52. The van der Waals surface area contributed by atoms with Crippen LogP contribution in [0.25, 0.3) is 11.1 Å². The molecular weight excluding hydrogens is 729 g/mol. The number of nitrogen functional groups attached to an aromatic ring is 2. The third kappa shape index (κ3) is 7.86. The first-order valence-corrected chi connectivity index (χ1v) is 19.7. The van der Waals surface area contributed by atoms with Crippen LogP contribution in [0.2, 0.25) is 0 Å². The largest absolute Gasteiger partial charge is 0.456 e. The Morgan fingerprint density at radius 1 is 0.490 bits per heavy atom. The van der Waals surface area contributed by atoms with Crippen molar-refractivity contribution in [2.45, 2.75) is 35.8 Å². The minimum absolute atomic E-state index is 0.105. The number of anilines is 2. The molecule has 7 rings (SSSR count). The predicted octanol–water partition coefficient (Wildman–Crippen LogP) is 8.80. The van der Waals surface area contributed by atoms with Crippen molar-refractivity contribution in [1.82, 2.24) is 0 Å². The maximum Gasteiger partial charge on any atom is 0.298 e. The standard InChI is InChI=1S/C37H28N2O8S4/c38-24-1-9-28(10-2-24)48-30-13-5-26(6-14-30)46-34-18-22-17-23-19-35(37(51(43,44)45)21-33(23)32(22)20-36(34)50(40,41)42)47-27-7-15-31(16-8-27)49-29-11-3-25(39)4-12-29/h1-16,18-21H,17,38-39H2,(H,40,41,42)(H,43,44,45). The van der Waals surface area contributed by atoms with Gasteiger partial charge in [0.25, 0.3) is 20.2 Å². The fraction of sp³-hybridized carbons (Fsp3) is 0.0270. The molecule has 258 valence electrons. The third-order valence-corrected chi connectivity index (χ3v) is 11.7. The molecule has 10 nitrogen and oxygen atoms in total. The highest BCUT2D eigenvalue weighted by Gasteiger charge is 2.30. The molecule has 0 amide bonds. The lowest BCUT2D eigenvalue weighted by Gasteiger charge is -2.14. The van der Waals surface area contributed by atoms with E-state index in [0.29, 0.717) is 45.1 Å². The summed E-state index contributed by atoms with van der Waals surface area (Å²) in [5, 5.41) is 0. The maximum atomic E-state index is 12.6. The molecule has 0 bridgehead atoms. The zero-order chi connectivity index (χ0) is 35.9. The molecule has 1 aliphatic carbocycles. The Morgan fingerprint density at radius 3 is 1.12 bits per heavy atom. The Labute approximate surface area is 302 Å². The van der Waals surface area contributed by atoms with Crippen LogP contribution in [0.4, 0.5) is 11.4 Å². The van der Waals surface area contributed by atoms with E-state index >= 15 is 0 Å². The number of hydrogen-bond acceptors (Lipinski definition) is 10. The second-order valence-corrected chi connectivity index (χ2v) is 16.6. The molecule has 0 aromatic heterocycles. The van der Waals surface area contributed by atoms with E-state index in [1.165, 1.54) is 47.8 Å². The van der Waals surface area contributed by atoms with Crippen molar-refractivity contribution in [2.24, 2.45) is 0 Å². The number of fused-ring (bicyclic) bond motifs is 3. The van der Waals surface area contributed by atoms with Crippen molar-refractivity contribution in [1.29, 1.82) is 0 Å². The molecule has 6 aromatic rings. The summed E-state index contributed by atoms with van der Waals surface area (Å²) in [6.07, 6.45) is 0.267. The fourth-order valence-corrected chi connectivity index (χ4v) is 8.39. The van der Waals surface area contributed by atoms with Gasteiger partial charge in [-0.1, -0.05) is 23.5 Å². The average molecular weight is 757 g/mol. The molecule has 0 fully saturated rings. The zero-order valence-electron chi connectivity index (χ0n) is 26.4. The Balaban J connectivity index is 1.16. The van der Waals surface area contributed by atoms with Gasteiger partial charge in [0.1, 0.15) is 32.8 Å². The van der Waals surface area contributed by atoms with E-state index in [4.69, 9.17) is 20.9 Å². The van der Waals surface area contributed by atoms with Crippen molar-refractivity contribution in [3.05, 3.63) is 132 Å². The van der Waals surface area contributed by atoms with Gasteiger partial charge in [-0.2, -0.15) is 16.8 Å². The molecule has 0 saturated carbocycles. The van der Waals surface area contributed by atoms with Crippen molar-refractivity contribution in [2.75, 3.05) is 11.5 Å². The summed E-state index contributed by atoms with van der Waals surface area (Å²) >= 11 is 3.02. The molecule has 6 N–H and O–H groups in total. The number of ether oxygens (including phenoxy) is 2. The van der Waals surface area contributed by atoms with Crippen molar-refractivity contribution < 1.29 is 35.4 Å². The van der Waals surface area contributed by atoms with E-state index in [9.17, 15) is 25.9 Å². The highest BCUT2D eigenvalue weighted by Crippen LogP contribution is 2.46. The lowest BCUT2D eigenvalue weighted by atomic mass is 10.1. The molecule has 1 aliphatic rings. The average Bonchev–Trinajstić information content (AvgIpc) is 3.43. The number of nitrogens with two attached hydrogens (primary N) is 2. The van der Waals surface area contributed by atoms with Gasteiger partial charge in [-0.25, -0.2) is 0 Å². The van der Waals surface area contributed by atoms with Crippen LogP contribution in [0.1, 0.15) is 11.1 Å². The summed E-state index contributed by atoms with van der Waals surface area (Å²) in [5.41, 5.74) is 14.8. The zero-order valence-corrected chi connectivity index (χ0v) is 29.7. The summed E-state index contributed by atoms with van der Waals surface area (Å²) in [5.74, 6) is 0.455. The van der Waals surface area contributed by atoms with Gasteiger partial charge < -0.3 is 20.9 Å². The predicted molar refractivity (Wildman–Crippen MR) is 197 cm³/mol. The second-order valence-electron chi connectivity index (χ2n) is 11.5. The van der Waals surface area contributed by atoms with E-state index in [-0.39, 0.29) is 17.9 Å². The summed E-state index contributed by atoms with van der Waals surface area (Å²) < 4.78 is 82.6. The van der Waals surface area contributed by atoms with Crippen molar-refractivity contribution in [3.8, 4) is 34.1 Å². The van der Waals surface area contributed by atoms with E-state index in [0.717, 1.165) is 19.6 Å². The maximum absolute atomic E-state index is 12.6. The highest BCUT2D eigenvalue weighted by atomic mass is 32.2. The number of benzene rings is 6. The van der Waals surface area contributed by atoms with Crippen LogP contribution in [-0.2, 0) is 26.7 Å². The number of hydrogen-bond donors (Lipinski definition) is 4. The molecule has 0 unspecified atom stereocenters. The Bertz CT molecular complexity index is 2310. The first kappa shape index (κ1) is 34.5. The molecule has 0 radical (unpaired) electrons. The summed E-state index contributed by atoms with van der Waals surface area (Å²) in [7, 11) is -9.56. The molecule has 0 aliphatic heterocycles. The van der Waals surface area contributed by atoms with E-state index in [1.54, 1.807) is 24.3 Å². The molecule has 0 spiro atoms. The Morgan fingerprint density at radius 2 is 0.804 bits per heavy atom. The van der Waals surface area contributed by atoms with Gasteiger partial charge in [-0.15, -0.1) is 0 Å². The van der Waals surface area contributed by atoms with Crippen molar-refractivity contribution >= 4 is 55.1 Å². The van der Waals surface area contributed by atoms with Gasteiger partial charge in [0.2, 0.25) is 0 Å².